The maximum Gasteiger partial charge on any atom is -1.00 e. The topological polar surface area (TPSA) is 61.4 Å². The molecule has 50 heavy (non-hydrogen) atoms. The first-order valence-corrected chi connectivity index (χ1v) is 25.5. The van der Waals surface area contributed by atoms with Crippen molar-refractivity contribution in [3.63, 3.8) is 0 Å². The minimum absolute atomic E-state index is 0. The fourth-order valence-corrected chi connectivity index (χ4v) is 28.4. The number of allylic oxidation sites excluding steroid dienone is 2. The molecule has 10 heteroatoms. The SMILES string of the molecule is CC1=Cc2c(cc(-c3ccc(C)cc3)cc2-n2cnnc2)[C@@H]1[Zr+2]([C@H]1C(C)=Cc2c1cc(-c1ccc(C)cc1)cc2-n1cnnc1)=[Si](C)C.[Cl-].[Cl-]. The van der Waals surface area contributed by atoms with Gasteiger partial charge in [0.15, 0.2) is 0 Å². The van der Waals surface area contributed by atoms with Crippen LogP contribution >= 0.6 is 0 Å². The molecule has 0 spiro atoms. The zero-order chi connectivity index (χ0) is 33.1. The van der Waals surface area contributed by atoms with E-state index in [2.05, 4.69) is 155 Å². The number of rotatable bonds is 6. The molecule has 6 nitrogen and oxygen atoms in total. The molecule has 0 unspecified atom stereocenters. The Kier molecular flexibility index (Phi) is 10.5. The van der Waals surface area contributed by atoms with E-state index in [9.17, 15) is 0 Å². The number of nitrogens with zero attached hydrogens (tertiary/aromatic N) is 6. The van der Waals surface area contributed by atoms with Crippen molar-refractivity contribution in [2.75, 3.05) is 0 Å². The summed E-state index contributed by atoms with van der Waals surface area (Å²) in [6.45, 7) is 14.2. The number of aryl methyl sites for hydroxylation is 2. The van der Waals surface area contributed by atoms with Gasteiger partial charge in [-0.2, -0.15) is 0 Å². The zero-order valence-electron chi connectivity index (χ0n) is 29.0. The molecule has 0 fully saturated rings. The molecule has 0 saturated heterocycles. The Labute approximate surface area is 314 Å². The van der Waals surface area contributed by atoms with E-state index in [1.54, 1.807) is 0 Å². The van der Waals surface area contributed by atoms with Crippen molar-refractivity contribution in [1.82, 2.24) is 29.5 Å². The fourth-order valence-electron chi connectivity index (χ4n) is 7.70. The summed E-state index contributed by atoms with van der Waals surface area (Å²) in [6, 6.07) is 27.5. The largest absolute Gasteiger partial charge is 1.00 e. The van der Waals surface area contributed by atoms with Crippen molar-refractivity contribution in [1.29, 1.82) is 0 Å². The fraction of sp³-hybridized carbons (Fsp3) is 0.200. The van der Waals surface area contributed by atoms with Gasteiger partial charge in [0.2, 0.25) is 0 Å². The van der Waals surface area contributed by atoms with E-state index in [1.807, 2.05) is 25.3 Å². The Morgan fingerprint density at radius 2 is 0.880 bits per heavy atom. The number of hydrogen-bond donors (Lipinski definition) is 0. The van der Waals surface area contributed by atoms with Crippen LogP contribution in [0.25, 0.3) is 45.8 Å². The molecule has 0 bridgehead atoms. The minimum Gasteiger partial charge on any atom is -1.00 e. The molecule has 250 valence electrons. The maximum atomic E-state index is 4.20. The van der Waals surface area contributed by atoms with Crippen LogP contribution in [-0.4, -0.2) is 35.0 Å². The van der Waals surface area contributed by atoms with E-state index >= 15 is 0 Å². The monoisotopic (exact) mass is 790 g/mol. The molecule has 0 saturated carbocycles. The number of benzene rings is 4. The van der Waals surface area contributed by atoms with Crippen LogP contribution in [0.2, 0.25) is 13.1 Å². The molecular formula is C40H38Cl2N6SiZr. The second kappa shape index (κ2) is 14.5. The van der Waals surface area contributed by atoms with Gasteiger partial charge >= 0.3 is 292 Å². The Hall–Kier alpha value is -3.68. The molecule has 0 aliphatic heterocycles. The van der Waals surface area contributed by atoms with Crippen LogP contribution in [-0.2, 0) is 20.4 Å². The van der Waals surface area contributed by atoms with Crippen molar-refractivity contribution in [2.24, 2.45) is 0 Å². The molecule has 6 aromatic rings. The molecule has 0 N–H and O–H groups in total. The smallest absolute Gasteiger partial charge is 1.00 e. The van der Waals surface area contributed by atoms with Gasteiger partial charge in [0.1, 0.15) is 0 Å². The molecular weight excluding hydrogens is 755 g/mol. The normalized spacial score (nSPS) is 15.5. The average molecular weight is 793 g/mol. The van der Waals surface area contributed by atoms with Crippen LogP contribution in [0.5, 0.6) is 0 Å². The molecule has 4 aromatic carbocycles. The van der Waals surface area contributed by atoms with E-state index < -0.39 is 25.8 Å². The van der Waals surface area contributed by atoms with Crippen molar-refractivity contribution in [3.8, 4) is 33.6 Å². The standard InChI is InChI=1S/2C19H16N3.C2H6Si.2ClH.Zr/c2*1-13-3-5-15(6-4-13)16-9-17-7-14(2)8-18(17)19(10-16)22-11-20-21-12-22;1-3-2;;;/h2*3-12H,1-2H3;1-2H3;2*1H;/q;;;;;+2/p-2. The first-order chi connectivity index (χ1) is 23.3. The number of hydrogen-bond acceptors (Lipinski definition) is 4. The predicted octanol–water partition coefficient (Wildman–Crippen LogP) is 3.29. The Bertz CT molecular complexity index is 2130. The van der Waals surface area contributed by atoms with Gasteiger partial charge in [-0.1, -0.05) is 0 Å². The molecule has 2 atom stereocenters. The summed E-state index contributed by atoms with van der Waals surface area (Å²) in [5.74, 6) is 0. The number of halogens is 2. The molecule has 8 rings (SSSR count). The van der Waals surface area contributed by atoms with Gasteiger partial charge in [-0.05, 0) is 0 Å². The van der Waals surface area contributed by atoms with Gasteiger partial charge < -0.3 is 24.8 Å². The van der Waals surface area contributed by atoms with Gasteiger partial charge in [-0.25, -0.2) is 0 Å². The summed E-state index contributed by atoms with van der Waals surface area (Å²) in [5, 5.41) is 16.8. The molecule has 0 amide bonds. The van der Waals surface area contributed by atoms with Crippen molar-refractivity contribution >= 4 is 17.6 Å². The van der Waals surface area contributed by atoms with Gasteiger partial charge in [0, 0.05) is 0 Å². The van der Waals surface area contributed by atoms with E-state index in [0.29, 0.717) is 7.25 Å². The molecule has 2 heterocycles. The van der Waals surface area contributed by atoms with Crippen LogP contribution in [0.3, 0.4) is 0 Å². The van der Waals surface area contributed by atoms with Gasteiger partial charge in [-0.15, -0.1) is 0 Å². The number of fused-ring (bicyclic) bond motifs is 2. The van der Waals surface area contributed by atoms with Crippen molar-refractivity contribution in [2.45, 2.75) is 48.0 Å². The third-order valence-electron chi connectivity index (χ3n) is 10.0. The second-order valence-electron chi connectivity index (χ2n) is 13.6. The summed E-state index contributed by atoms with van der Waals surface area (Å²) in [6.07, 6.45) is 12.3. The van der Waals surface area contributed by atoms with E-state index in [0.717, 1.165) is 11.4 Å². The van der Waals surface area contributed by atoms with Gasteiger partial charge in [0.05, 0.1) is 0 Å². The minimum atomic E-state index is -2.39. The van der Waals surface area contributed by atoms with Crippen LogP contribution in [0.1, 0.15) is 54.5 Å². The molecule has 2 aliphatic carbocycles. The van der Waals surface area contributed by atoms with Crippen LogP contribution in [0, 0.1) is 13.8 Å². The summed E-state index contributed by atoms with van der Waals surface area (Å²) in [5.41, 5.74) is 17.9. The predicted molar refractivity (Wildman–Crippen MR) is 193 cm³/mol. The van der Waals surface area contributed by atoms with Crippen LogP contribution in [0.4, 0.5) is 0 Å². The van der Waals surface area contributed by atoms with Gasteiger partial charge in [0.25, 0.3) is 0 Å². The second-order valence-corrected chi connectivity index (χ2v) is 31.4. The van der Waals surface area contributed by atoms with Crippen LogP contribution in [0.15, 0.2) is 109 Å². The first kappa shape index (κ1) is 36.1. The number of aromatic nitrogens is 6. The summed E-state index contributed by atoms with van der Waals surface area (Å²) in [4.78, 5) is 0. The van der Waals surface area contributed by atoms with Crippen LogP contribution < -0.4 is 24.8 Å². The summed E-state index contributed by atoms with van der Waals surface area (Å²) >= 11 is -2.39. The molecule has 2 aromatic heterocycles. The van der Waals surface area contributed by atoms with E-state index in [-0.39, 0.29) is 24.8 Å². The molecule has 2 aliphatic rings. The van der Waals surface area contributed by atoms with E-state index in [1.165, 1.54) is 66.8 Å². The first-order valence-electron chi connectivity index (χ1n) is 16.5. The van der Waals surface area contributed by atoms with Crippen molar-refractivity contribution < 1.29 is 45.2 Å². The Balaban J connectivity index is 0.00000216. The quantitative estimate of drug-likeness (QED) is 0.243. The third-order valence-corrected chi connectivity index (χ3v) is 29.9. The Morgan fingerprint density at radius 3 is 1.22 bits per heavy atom. The van der Waals surface area contributed by atoms with Gasteiger partial charge in [-0.3, -0.25) is 0 Å². The Morgan fingerprint density at radius 1 is 0.520 bits per heavy atom. The zero-order valence-corrected chi connectivity index (χ0v) is 34.0. The average Bonchev–Trinajstić information content (AvgIpc) is 3.90. The van der Waals surface area contributed by atoms with Crippen molar-refractivity contribution in [3.05, 3.63) is 143 Å². The maximum absolute atomic E-state index is 4.20. The summed E-state index contributed by atoms with van der Waals surface area (Å²) < 4.78 is 5.13. The molecule has 0 radical (unpaired) electrons. The van der Waals surface area contributed by atoms with E-state index in [4.69, 9.17) is 0 Å². The summed E-state index contributed by atoms with van der Waals surface area (Å²) in [7, 11) is 0. The third kappa shape index (κ3) is 6.36.